The molecule has 24 heavy (non-hydrogen) atoms. The number of aromatic nitrogens is 3. The zero-order valence-corrected chi connectivity index (χ0v) is 13.7. The molecule has 1 unspecified atom stereocenters. The summed E-state index contributed by atoms with van der Waals surface area (Å²) in [6, 6.07) is 9.40. The van der Waals surface area contributed by atoms with Crippen LogP contribution in [0.5, 0.6) is 0 Å². The van der Waals surface area contributed by atoms with Crippen molar-refractivity contribution in [3.05, 3.63) is 48.3 Å². The van der Waals surface area contributed by atoms with Crippen LogP contribution in [0.4, 0.5) is 0 Å². The average molecular weight is 326 g/mol. The van der Waals surface area contributed by atoms with Gasteiger partial charge in [0.15, 0.2) is 5.78 Å². The molecule has 0 spiro atoms. The number of carbonyl (C=O) groups excluding carboxylic acids is 2. The average Bonchev–Trinajstić information content (AvgIpc) is 3.28. The minimum absolute atomic E-state index is 0.0992. The van der Waals surface area contributed by atoms with Gasteiger partial charge >= 0.3 is 0 Å². The molecule has 1 aromatic heterocycles. The number of likely N-dealkylation sites (tertiary alicyclic amines) is 1. The number of Topliss-reactive ketones (excluding diaryl/α,β-unsaturated/α-hetero) is 1. The van der Waals surface area contributed by atoms with Gasteiger partial charge in [0.25, 0.3) is 0 Å². The van der Waals surface area contributed by atoms with Gasteiger partial charge < -0.3 is 4.90 Å². The molecular weight excluding hydrogens is 304 g/mol. The Morgan fingerprint density at radius 2 is 1.83 bits per heavy atom. The topological polar surface area (TPSA) is 68.1 Å². The van der Waals surface area contributed by atoms with Crippen molar-refractivity contribution < 1.29 is 9.59 Å². The first-order valence-electron chi connectivity index (χ1n) is 8.46. The molecule has 6 nitrogen and oxygen atoms in total. The minimum atomic E-state index is 0.0992. The van der Waals surface area contributed by atoms with E-state index in [1.807, 2.05) is 35.2 Å². The molecule has 3 rings (SSSR count). The molecule has 126 valence electrons. The maximum atomic E-state index is 12.5. The van der Waals surface area contributed by atoms with Crippen molar-refractivity contribution in [2.45, 2.75) is 44.7 Å². The molecule has 0 radical (unpaired) electrons. The Balaban J connectivity index is 1.46. The zero-order valence-electron chi connectivity index (χ0n) is 13.7. The standard InChI is InChI=1S/C18H22N4O2/c23-17(15-6-2-1-3-7-15)9-4-10-18(24)21-13-5-8-16(21)14-22-19-11-12-20-22/h1-3,6-7,11-12,16H,4-5,8-10,13-14H2. The fraction of sp³-hybridized carbons (Fsp3) is 0.444. The Morgan fingerprint density at radius 1 is 1.08 bits per heavy atom. The molecule has 2 heterocycles. The molecule has 1 saturated heterocycles. The molecule has 0 N–H and O–H groups in total. The van der Waals surface area contributed by atoms with Crippen molar-refractivity contribution in [2.24, 2.45) is 0 Å². The van der Waals surface area contributed by atoms with Crippen molar-refractivity contribution in [3.8, 4) is 0 Å². The molecule has 6 heteroatoms. The first kappa shape index (κ1) is 16.4. The summed E-state index contributed by atoms with van der Waals surface area (Å²) in [5, 5.41) is 8.23. The van der Waals surface area contributed by atoms with E-state index in [4.69, 9.17) is 0 Å². The first-order chi connectivity index (χ1) is 11.7. The van der Waals surface area contributed by atoms with Gasteiger partial charge in [-0.1, -0.05) is 30.3 Å². The fourth-order valence-electron chi connectivity index (χ4n) is 3.19. The lowest BCUT2D eigenvalue weighted by atomic mass is 10.1. The molecule has 0 bridgehead atoms. The predicted octanol–water partition coefficient (Wildman–Crippen LogP) is 2.32. The summed E-state index contributed by atoms with van der Waals surface area (Å²) in [4.78, 5) is 28.1. The van der Waals surface area contributed by atoms with E-state index in [-0.39, 0.29) is 17.7 Å². The summed E-state index contributed by atoms with van der Waals surface area (Å²) >= 11 is 0. The van der Waals surface area contributed by atoms with Crippen LogP contribution in [-0.2, 0) is 11.3 Å². The van der Waals surface area contributed by atoms with Crippen LogP contribution in [0.1, 0.15) is 42.5 Å². The van der Waals surface area contributed by atoms with Gasteiger partial charge in [-0.25, -0.2) is 0 Å². The van der Waals surface area contributed by atoms with Crippen LogP contribution in [0, 0.1) is 0 Å². The number of hydrogen-bond donors (Lipinski definition) is 0. The van der Waals surface area contributed by atoms with Gasteiger partial charge in [0.05, 0.1) is 25.0 Å². The third-order valence-corrected chi connectivity index (χ3v) is 4.43. The lowest BCUT2D eigenvalue weighted by molar-refractivity contribution is -0.132. The molecule has 1 atom stereocenters. The van der Waals surface area contributed by atoms with Crippen molar-refractivity contribution >= 4 is 11.7 Å². The Bertz CT molecular complexity index is 670. The maximum absolute atomic E-state index is 12.5. The van der Waals surface area contributed by atoms with Crippen LogP contribution in [0.15, 0.2) is 42.7 Å². The number of rotatable bonds is 7. The van der Waals surface area contributed by atoms with E-state index in [9.17, 15) is 9.59 Å². The highest BCUT2D eigenvalue weighted by Crippen LogP contribution is 2.20. The molecule has 0 saturated carbocycles. The second kappa shape index (κ2) is 7.86. The second-order valence-electron chi connectivity index (χ2n) is 6.11. The van der Waals surface area contributed by atoms with Crippen molar-refractivity contribution in [1.29, 1.82) is 0 Å². The lowest BCUT2D eigenvalue weighted by Crippen LogP contribution is -2.38. The molecular formula is C18H22N4O2. The van der Waals surface area contributed by atoms with E-state index < -0.39 is 0 Å². The van der Waals surface area contributed by atoms with Gasteiger partial charge in [-0.05, 0) is 19.3 Å². The van der Waals surface area contributed by atoms with Crippen molar-refractivity contribution in [3.63, 3.8) is 0 Å². The van der Waals surface area contributed by atoms with Gasteiger partial charge in [0.1, 0.15) is 0 Å². The van der Waals surface area contributed by atoms with E-state index in [1.165, 1.54) is 0 Å². The summed E-state index contributed by atoms with van der Waals surface area (Å²) in [6.45, 7) is 1.43. The van der Waals surface area contributed by atoms with Crippen molar-refractivity contribution in [1.82, 2.24) is 19.9 Å². The number of benzene rings is 1. The van der Waals surface area contributed by atoms with Gasteiger partial charge in [-0.3, -0.25) is 9.59 Å². The van der Waals surface area contributed by atoms with Crippen LogP contribution >= 0.6 is 0 Å². The molecule has 1 aliphatic heterocycles. The third-order valence-electron chi connectivity index (χ3n) is 4.43. The highest BCUT2D eigenvalue weighted by molar-refractivity contribution is 5.96. The van der Waals surface area contributed by atoms with Crippen LogP contribution in [0.2, 0.25) is 0 Å². The largest absolute Gasteiger partial charge is 0.338 e. The summed E-state index contributed by atoms with van der Waals surface area (Å²) in [7, 11) is 0. The Kier molecular flexibility index (Phi) is 5.36. The molecule has 1 amide bonds. The zero-order chi connectivity index (χ0) is 16.8. The highest BCUT2D eigenvalue weighted by atomic mass is 16.2. The molecule has 2 aromatic rings. The van der Waals surface area contributed by atoms with Gasteiger partial charge in [-0.15, -0.1) is 0 Å². The van der Waals surface area contributed by atoms with Gasteiger partial charge in [-0.2, -0.15) is 15.0 Å². The second-order valence-corrected chi connectivity index (χ2v) is 6.11. The number of amides is 1. The van der Waals surface area contributed by atoms with E-state index in [2.05, 4.69) is 10.2 Å². The van der Waals surface area contributed by atoms with E-state index in [0.29, 0.717) is 31.4 Å². The van der Waals surface area contributed by atoms with Gasteiger partial charge in [0.2, 0.25) is 5.91 Å². The summed E-state index contributed by atoms with van der Waals surface area (Å²) < 4.78 is 0. The molecule has 0 aliphatic carbocycles. The van der Waals surface area contributed by atoms with E-state index >= 15 is 0 Å². The van der Waals surface area contributed by atoms with Crippen LogP contribution < -0.4 is 0 Å². The SMILES string of the molecule is O=C(CCCC(=O)N1CCCC1Cn1nccn1)c1ccccc1. The summed E-state index contributed by atoms with van der Waals surface area (Å²) in [5.74, 6) is 0.229. The van der Waals surface area contributed by atoms with E-state index in [0.717, 1.165) is 19.4 Å². The first-order valence-corrected chi connectivity index (χ1v) is 8.46. The highest BCUT2D eigenvalue weighted by Gasteiger charge is 2.29. The molecule has 1 aliphatic rings. The Morgan fingerprint density at radius 3 is 2.58 bits per heavy atom. The fourth-order valence-corrected chi connectivity index (χ4v) is 3.19. The number of carbonyl (C=O) groups is 2. The lowest BCUT2D eigenvalue weighted by Gasteiger charge is -2.24. The van der Waals surface area contributed by atoms with Crippen LogP contribution in [0.3, 0.4) is 0 Å². The molecule has 1 fully saturated rings. The number of hydrogen-bond acceptors (Lipinski definition) is 4. The molecule has 1 aromatic carbocycles. The normalized spacial score (nSPS) is 17.2. The smallest absolute Gasteiger partial charge is 0.222 e. The Labute approximate surface area is 141 Å². The number of nitrogens with zero attached hydrogens (tertiary/aromatic N) is 4. The quantitative estimate of drug-likeness (QED) is 0.732. The monoisotopic (exact) mass is 326 g/mol. The predicted molar refractivity (Wildman–Crippen MR) is 89.4 cm³/mol. The summed E-state index contributed by atoms with van der Waals surface area (Å²) in [5.41, 5.74) is 0.716. The third kappa shape index (κ3) is 4.07. The minimum Gasteiger partial charge on any atom is -0.338 e. The van der Waals surface area contributed by atoms with Crippen molar-refractivity contribution in [2.75, 3.05) is 6.54 Å². The number of ketones is 1. The summed E-state index contributed by atoms with van der Waals surface area (Å²) in [6.07, 6.45) is 6.72. The van der Waals surface area contributed by atoms with Crippen LogP contribution in [-0.4, -0.2) is 44.2 Å². The van der Waals surface area contributed by atoms with Gasteiger partial charge in [0, 0.05) is 24.9 Å². The Hall–Kier alpha value is -2.50. The van der Waals surface area contributed by atoms with Crippen LogP contribution in [0.25, 0.3) is 0 Å². The maximum Gasteiger partial charge on any atom is 0.222 e. The van der Waals surface area contributed by atoms with E-state index in [1.54, 1.807) is 17.2 Å².